The monoisotopic (exact) mass is 220 g/mol. The van der Waals surface area contributed by atoms with Crippen molar-refractivity contribution < 1.29 is 9.53 Å². The molecule has 0 aliphatic heterocycles. The largest absolute Gasteiger partial charge is 0.377 e. The molecule has 0 saturated carbocycles. The Morgan fingerprint density at radius 1 is 1.25 bits per heavy atom. The van der Waals surface area contributed by atoms with E-state index in [0.29, 0.717) is 18.9 Å². The van der Waals surface area contributed by atoms with E-state index in [9.17, 15) is 4.79 Å². The van der Waals surface area contributed by atoms with E-state index >= 15 is 0 Å². The zero-order valence-electron chi connectivity index (χ0n) is 9.89. The van der Waals surface area contributed by atoms with E-state index in [1.54, 1.807) is 0 Å². The number of carbonyl (C=O) groups excluding carboxylic acids is 1. The molecule has 0 aliphatic rings. The molecule has 0 spiro atoms. The number of hydrogen-bond donors (Lipinski definition) is 0. The van der Waals surface area contributed by atoms with Crippen LogP contribution in [0.1, 0.15) is 31.7 Å². The number of aldehydes is 1. The predicted molar refractivity (Wildman–Crippen MR) is 65.2 cm³/mol. The molecule has 2 heteroatoms. The van der Waals surface area contributed by atoms with Crippen LogP contribution in [-0.2, 0) is 16.1 Å². The third kappa shape index (κ3) is 5.66. The molecule has 0 fully saturated rings. The highest BCUT2D eigenvalue weighted by Crippen LogP contribution is 2.10. The zero-order chi connectivity index (χ0) is 11.6. The molecule has 0 radical (unpaired) electrons. The summed E-state index contributed by atoms with van der Waals surface area (Å²) in [4.78, 5) is 10.2. The van der Waals surface area contributed by atoms with Gasteiger partial charge in [-0.05, 0) is 24.3 Å². The van der Waals surface area contributed by atoms with Gasteiger partial charge in [0.25, 0.3) is 0 Å². The first kappa shape index (κ1) is 12.9. The predicted octanol–water partition coefficient (Wildman–Crippen LogP) is 3.21. The average molecular weight is 220 g/mol. The van der Waals surface area contributed by atoms with Gasteiger partial charge in [-0.15, -0.1) is 0 Å². The van der Waals surface area contributed by atoms with Gasteiger partial charge in [-0.3, -0.25) is 0 Å². The summed E-state index contributed by atoms with van der Waals surface area (Å²) in [5.74, 6) is 0.570. The van der Waals surface area contributed by atoms with Gasteiger partial charge in [0.05, 0.1) is 6.61 Å². The summed E-state index contributed by atoms with van der Waals surface area (Å²) in [5, 5.41) is 0. The van der Waals surface area contributed by atoms with Gasteiger partial charge in [0.15, 0.2) is 0 Å². The fraction of sp³-hybridized carbons (Fsp3) is 0.500. The molecule has 1 aromatic carbocycles. The summed E-state index contributed by atoms with van der Waals surface area (Å²) in [6.45, 7) is 3.62. The van der Waals surface area contributed by atoms with E-state index < -0.39 is 0 Å². The van der Waals surface area contributed by atoms with Crippen molar-refractivity contribution in [2.75, 3.05) is 6.61 Å². The Hall–Kier alpha value is -1.15. The molecule has 88 valence electrons. The zero-order valence-corrected chi connectivity index (χ0v) is 9.89. The van der Waals surface area contributed by atoms with E-state index in [1.165, 1.54) is 5.56 Å². The lowest BCUT2D eigenvalue weighted by Crippen LogP contribution is -2.02. The highest BCUT2D eigenvalue weighted by atomic mass is 16.5. The molecule has 1 aromatic rings. The Morgan fingerprint density at radius 2 is 2.00 bits per heavy atom. The maximum atomic E-state index is 10.2. The van der Waals surface area contributed by atoms with Crippen molar-refractivity contribution >= 4 is 6.29 Å². The second-order valence-corrected chi connectivity index (χ2v) is 4.18. The Kier molecular flexibility index (Phi) is 6.50. The second kappa shape index (κ2) is 8.05. The number of carbonyl (C=O) groups is 1. The van der Waals surface area contributed by atoms with Gasteiger partial charge in [0.1, 0.15) is 6.29 Å². The lowest BCUT2D eigenvalue weighted by Gasteiger charge is -2.09. The van der Waals surface area contributed by atoms with Gasteiger partial charge >= 0.3 is 0 Å². The van der Waals surface area contributed by atoms with Crippen LogP contribution in [0.4, 0.5) is 0 Å². The molecule has 0 N–H and O–H groups in total. The van der Waals surface area contributed by atoms with Gasteiger partial charge in [-0.25, -0.2) is 0 Å². The van der Waals surface area contributed by atoms with Crippen molar-refractivity contribution in [3.8, 4) is 0 Å². The molecule has 0 heterocycles. The molecular formula is C14H20O2. The van der Waals surface area contributed by atoms with Crippen LogP contribution in [0.3, 0.4) is 0 Å². The summed E-state index contributed by atoms with van der Waals surface area (Å²) in [6.07, 6.45) is 3.65. The molecule has 0 amide bonds. The van der Waals surface area contributed by atoms with Gasteiger partial charge in [0.2, 0.25) is 0 Å². The summed E-state index contributed by atoms with van der Waals surface area (Å²) >= 11 is 0. The quantitative estimate of drug-likeness (QED) is 0.496. The smallest absolute Gasteiger partial charge is 0.120 e. The molecule has 16 heavy (non-hydrogen) atoms. The van der Waals surface area contributed by atoms with E-state index in [0.717, 1.165) is 25.7 Å². The Bertz CT molecular complexity index is 282. The fourth-order valence-electron chi connectivity index (χ4n) is 1.55. The minimum atomic E-state index is 0.570. The number of benzene rings is 1. The molecule has 1 atom stereocenters. The van der Waals surface area contributed by atoms with Crippen molar-refractivity contribution in [3.63, 3.8) is 0 Å². The van der Waals surface area contributed by atoms with E-state index in [4.69, 9.17) is 4.74 Å². The van der Waals surface area contributed by atoms with Crippen molar-refractivity contribution in [1.29, 1.82) is 0 Å². The highest BCUT2D eigenvalue weighted by molar-refractivity contribution is 5.49. The van der Waals surface area contributed by atoms with Crippen molar-refractivity contribution in [2.45, 2.75) is 32.8 Å². The normalized spacial score (nSPS) is 12.3. The van der Waals surface area contributed by atoms with Crippen molar-refractivity contribution in [2.24, 2.45) is 5.92 Å². The average Bonchev–Trinajstić information content (AvgIpc) is 2.33. The fourth-order valence-corrected chi connectivity index (χ4v) is 1.55. The van der Waals surface area contributed by atoms with Crippen LogP contribution in [0.2, 0.25) is 0 Å². The van der Waals surface area contributed by atoms with Crippen LogP contribution in [-0.4, -0.2) is 12.9 Å². The van der Waals surface area contributed by atoms with Crippen LogP contribution in [0.5, 0.6) is 0 Å². The minimum absolute atomic E-state index is 0.570. The standard InChI is InChI=1S/C14H20O2/c1-13(6-5-10-15)9-11-16-12-14-7-3-2-4-8-14/h2-4,7-8,10,13H,5-6,9,11-12H2,1H3. The number of ether oxygens (including phenoxy) is 1. The molecule has 2 nitrogen and oxygen atoms in total. The lowest BCUT2D eigenvalue weighted by atomic mass is 10.0. The van der Waals surface area contributed by atoms with Crippen LogP contribution >= 0.6 is 0 Å². The maximum Gasteiger partial charge on any atom is 0.120 e. The van der Waals surface area contributed by atoms with Crippen LogP contribution < -0.4 is 0 Å². The van der Waals surface area contributed by atoms with E-state index in [1.807, 2.05) is 18.2 Å². The molecule has 1 rings (SSSR count). The van der Waals surface area contributed by atoms with Gasteiger partial charge in [0, 0.05) is 13.0 Å². The van der Waals surface area contributed by atoms with E-state index in [2.05, 4.69) is 19.1 Å². The minimum Gasteiger partial charge on any atom is -0.377 e. The number of rotatable bonds is 8. The first-order valence-electron chi connectivity index (χ1n) is 5.88. The van der Waals surface area contributed by atoms with Gasteiger partial charge in [-0.2, -0.15) is 0 Å². The second-order valence-electron chi connectivity index (χ2n) is 4.18. The Balaban J connectivity index is 2.05. The van der Waals surface area contributed by atoms with Crippen molar-refractivity contribution in [1.82, 2.24) is 0 Å². The summed E-state index contributed by atoms with van der Waals surface area (Å²) in [6, 6.07) is 10.2. The Morgan fingerprint density at radius 3 is 2.69 bits per heavy atom. The number of hydrogen-bond acceptors (Lipinski definition) is 2. The molecule has 0 saturated heterocycles. The van der Waals surface area contributed by atoms with Crippen LogP contribution in [0.15, 0.2) is 30.3 Å². The summed E-state index contributed by atoms with van der Waals surface area (Å²) in [5.41, 5.74) is 1.21. The Labute approximate surface area is 97.6 Å². The van der Waals surface area contributed by atoms with Crippen molar-refractivity contribution in [3.05, 3.63) is 35.9 Å². The molecule has 0 aromatic heterocycles. The summed E-state index contributed by atoms with van der Waals surface area (Å²) in [7, 11) is 0. The highest BCUT2D eigenvalue weighted by Gasteiger charge is 2.01. The lowest BCUT2D eigenvalue weighted by molar-refractivity contribution is -0.108. The van der Waals surface area contributed by atoms with Crippen LogP contribution in [0.25, 0.3) is 0 Å². The molecule has 1 unspecified atom stereocenters. The van der Waals surface area contributed by atoms with E-state index in [-0.39, 0.29) is 0 Å². The molecule has 0 bridgehead atoms. The molecule has 0 aliphatic carbocycles. The third-order valence-corrected chi connectivity index (χ3v) is 2.64. The first-order chi connectivity index (χ1) is 7.83. The van der Waals surface area contributed by atoms with Gasteiger partial charge < -0.3 is 9.53 Å². The third-order valence-electron chi connectivity index (χ3n) is 2.64. The SMILES string of the molecule is CC(CCC=O)CCOCc1ccccc1. The first-order valence-corrected chi connectivity index (χ1v) is 5.88. The van der Waals surface area contributed by atoms with Gasteiger partial charge in [-0.1, -0.05) is 37.3 Å². The maximum absolute atomic E-state index is 10.2. The molecular weight excluding hydrogens is 200 g/mol. The summed E-state index contributed by atoms with van der Waals surface area (Å²) < 4.78 is 5.58. The van der Waals surface area contributed by atoms with Crippen LogP contribution in [0, 0.1) is 5.92 Å². The topological polar surface area (TPSA) is 26.3 Å².